The highest BCUT2D eigenvalue weighted by atomic mass is 35.5. The summed E-state index contributed by atoms with van der Waals surface area (Å²) < 4.78 is 5.49. The van der Waals surface area contributed by atoms with Gasteiger partial charge in [-0.2, -0.15) is 0 Å². The molecule has 2 N–H and O–H groups in total. The molecule has 1 amide bonds. The van der Waals surface area contributed by atoms with Crippen LogP contribution < -0.4 is 15.4 Å². The summed E-state index contributed by atoms with van der Waals surface area (Å²) in [5.41, 5.74) is 2.63. The molecule has 0 saturated heterocycles. The monoisotopic (exact) mass is 332 g/mol. The predicted molar refractivity (Wildman–Crippen MR) is 95.5 cm³/mol. The lowest BCUT2D eigenvalue weighted by Crippen LogP contribution is -2.16. The molecule has 0 saturated carbocycles. The number of carbonyl (C=O) groups is 1. The first-order valence-corrected chi connectivity index (χ1v) is 7.99. The molecule has 0 radical (unpaired) electrons. The zero-order chi connectivity index (χ0) is 16.7. The summed E-state index contributed by atoms with van der Waals surface area (Å²) in [5.74, 6) is 0.615. The van der Waals surface area contributed by atoms with Gasteiger partial charge in [-0.05, 0) is 43.7 Å². The van der Waals surface area contributed by atoms with Gasteiger partial charge < -0.3 is 15.4 Å². The van der Waals surface area contributed by atoms with E-state index in [-0.39, 0.29) is 5.91 Å². The second-order valence-electron chi connectivity index (χ2n) is 5.12. The molecule has 2 aromatic rings. The Kier molecular flexibility index (Phi) is 6.29. The zero-order valence-electron chi connectivity index (χ0n) is 13.4. The summed E-state index contributed by atoms with van der Waals surface area (Å²) in [7, 11) is 0. The van der Waals surface area contributed by atoms with Crippen molar-refractivity contribution in [2.45, 2.75) is 20.3 Å². The lowest BCUT2D eigenvalue weighted by Gasteiger charge is -2.12. The predicted octanol–water partition coefficient (Wildman–Crippen LogP) is 4.49. The highest BCUT2D eigenvalue weighted by Gasteiger charge is 2.07. The third kappa shape index (κ3) is 5.18. The van der Waals surface area contributed by atoms with Crippen LogP contribution in [-0.2, 0) is 4.79 Å². The summed E-state index contributed by atoms with van der Waals surface area (Å²) in [6.45, 7) is 4.95. The van der Waals surface area contributed by atoms with Crippen molar-refractivity contribution in [3.63, 3.8) is 0 Å². The van der Waals surface area contributed by atoms with Crippen molar-refractivity contribution in [3.05, 3.63) is 53.1 Å². The molecule has 0 aliphatic rings. The number of rotatable bonds is 7. The van der Waals surface area contributed by atoms with Crippen LogP contribution in [0.5, 0.6) is 5.75 Å². The maximum atomic E-state index is 12.0. The Labute approximate surface area is 141 Å². The number of carbonyl (C=O) groups excluding carboxylic acids is 1. The molecular formula is C18H21ClN2O2. The standard InChI is InChI=1S/C18H21ClN2O2/c1-3-23-17-7-5-4-6-16(17)21-18(22)10-11-20-14-9-8-13(2)15(19)12-14/h4-9,12,20H,3,10-11H2,1-2H3,(H,21,22). The van der Waals surface area contributed by atoms with E-state index in [9.17, 15) is 4.79 Å². The van der Waals surface area contributed by atoms with Crippen LogP contribution in [-0.4, -0.2) is 19.1 Å². The van der Waals surface area contributed by atoms with Gasteiger partial charge in [-0.25, -0.2) is 0 Å². The van der Waals surface area contributed by atoms with E-state index >= 15 is 0 Å². The molecule has 0 aromatic heterocycles. The number of ether oxygens (including phenoxy) is 1. The fourth-order valence-corrected chi connectivity index (χ4v) is 2.27. The first-order valence-electron chi connectivity index (χ1n) is 7.62. The molecule has 0 spiro atoms. The zero-order valence-corrected chi connectivity index (χ0v) is 14.1. The van der Waals surface area contributed by atoms with E-state index in [1.54, 1.807) is 0 Å². The lowest BCUT2D eigenvalue weighted by atomic mass is 10.2. The first-order chi connectivity index (χ1) is 11.1. The van der Waals surface area contributed by atoms with Crippen molar-refractivity contribution in [1.29, 1.82) is 0 Å². The molecule has 2 rings (SSSR count). The number of amides is 1. The number of hydrogen-bond acceptors (Lipinski definition) is 3. The fourth-order valence-electron chi connectivity index (χ4n) is 2.09. The number of anilines is 2. The van der Waals surface area contributed by atoms with E-state index in [0.29, 0.717) is 36.0 Å². The number of aryl methyl sites for hydroxylation is 1. The van der Waals surface area contributed by atoms with Gasteiger partial charge in [-0.3, -0.25) is 4.79 Å². The number of halogens is 1. The van der Waals surface area contributed by atoms with Crippen LogP contribution in [0.2, 0.25) is 5.02 Å². The van der Waals surface area contributed by atoms with E-state index in [2.05, 4.69) is 10.6 Å². The molecule has 0 bridgehead atoms. The molecule has 0 aliphatic heterocycles. The minimum Gasteiger partial charge on any atom is -0.492 e. The van der Waals surface area contributed by atoms with Gasteiger partial charge >= 0.3 is 0 Å². The first kappa shape index (κ1) is 17.2. The quantitative estimate of drug-likeness (QED) is 0.785. The minimum atomic E-state index is -0.0668. The van der Waals surface area contributed by atoms with Crippen LogP contribution in [0.3, 0.4) is 0 Å². The second kappa shape index (κ2) is 8.44. The molecule has 0 heterocycles. The number of nitrogens with one attached hydrogen (secondary N) is 2. The Morgan fingerprint density at radius 1 is 1.22 bits per heavy atom. The van der Waals surface area contributed by atoms with Gasteiger partial charge in [0.05, 0.1) is 12.3 Å². The van der Waals surface area contributed by atoms with Crippen molar-refractivity contribution in [2.24, 2.45) is 0 Å². The largest absolute Gasteiger partial charge is 0.492 e. The minimum absolute atomic E-state index is 0.0668. The second-order valence-corrected chi connectivity index (χ2v) is 5.53. The summed E-state index contributed by atoms with van der Waals surface area (Å²) in [4.78, 5) is 12.0. The van der Waals surface area contributed by atoms with Gasteiger partial charge in [0.15, 0.2) is 0 Å². The third-order valence-electron chi connectivity index (χ3n) is 3.31. The molecule has 23 heavy (non-hydrogen) atoms. The SMILES string of the molecule is CCOc1ccccc1NC(=O)CCNc1ccc(C)c(Cl)c1. The number of hydrogen-bond donors (Lipinski definition) is 2. The molecular weight excluding hydrogens is 312 g/mol. The van der Waals surface area contributed by atoms with Gasteiger partial charge in [0.25, 0.3) is 0 Å². The van der Waals surface area contributed by atoms with Crippen LogP contribution in [0.25, 0.3) is 0 Å². The van der Waals surface area contributed by atoms with Crippen molar-refractivity contribution in [2.75, 3.05) is 23.8 Å². The maximum Gasteiger partial charge on any atom is 0.226 e. The smallest absolute Gasteiger partial charge is 0.226 e. The van der Waals surface area contributed by atoms with E-state index in [1.165, 1.54) is 0 Å². The van der Waals surface area contributed by atoms with Crippen LogP contribution in [0.15, 0.2) is 42.5 Å². The molecule has 4 nitrogen and oxygen atoms in total. The van der Waals surface area contributed by atoms with Crippen LogP contribution >= 0.6 is 11.6 Å². The molecule has 0 unspecified atom stereocenters. The van der Waals surface area contributed by atoms with Crippen LogP contribution in [0.4, 0.5) is 11.4 Å². The van der Waals surface area contributed by atoms with Gasteiger partial charge in [0.2, 0.25) is 5.91 Å². The van der Waals surface area contributed by atoms with Crippen molar-refractivity contribution < 1.29 is 9.53 Å². The Balaban J connectivity index is 1.84. The molecule has 0 aliphatic carbocycles. The van der Waals surface area contributed by atoms with E-state index in [4.69, 9.17) is 16.3 Å². The van der Waals surface area contributed by atoms with Gasteiger partial charge in [-0.1, -0.05) is 29.8 Å². The van der Waals surface area contributed by atoms with E-state index in [1.807, 2.05) is 56.3 Å². The van der Waals surface area contributed by atoms with Crippen molar-refractivity contribution in [1.82, 2.24) is 0 Å². The van der Waals surface area contributed by atoms with Crippen molar-refractivity contribution in [3.8, 4) is 5.75 Å². The lowest BCUT2D eigenvalue weighted by molar-refractivity contribution is -0.116. The highest BCUT2D eigenvalue weighted by Crippen LogP contribution is 2.24. The fraction of sp³-hybridized carbons (Fsp3) is 0.278. The molecule has 2 aromatic carbocycles. The van der Waals surface area contributed by atoms with Gasteiger partial charge in [0.1, 0.15) is 5.75 Å². The number of benzene rings is 2. The molecule has 122 valence electrons. The van der Waals surface area contributed by atoms with Crippen LogP contribution in [0.1, 0.15) is 18.9 Å². The Bertz CT molecular complexity index is 674. The average Bonchev–Trinajstić information content (AvgIpc) is 2.53. The Hall–Kier alpha value is -2.20. The highest BCUT2D eigenvalue weighted by molar-refractivity contribution is 6.31. The van der Waals surface area contributed by atoms with E-state index < -0.39 is 0 Å². The maximum absolute atomic E-state index is 12.0. The summed E-state index contributed by atoms with van der Waals surface area (Å²) in [6, 6.07) is 13.2. The Morgan fingerprint density at radius 2 is 2.00 bits per heavy atom. The Morgan fingerprint density at radius 3 is 2.74 bits per heavy atom. The summed E-state index contributed by atoms with van der Waals surface area (Å²) in [6.07, 6.45) is 0.353. The van der Waals surface area contributed by atoms with Crippen molar-refractivity contribution >= 4 is 28.9 Å². The third-order valence-corrected chi connectivity index (χ3v) is 3.72. The molecule has 0 atom stereocenters. The van der Waals surface area contributed by atoms with Gasteiger partial charge in [-0.15, -0.1) is 0 Å². The average molecular weight is 333 g/mol. The number of para-hydroxylation sites is 2. The summed E-state index contributed by atoms with van der Waals surface area (Å²) >= 11 is 6.08. The van der Waals surface area contributed by atoms with Gasteiger partial charge in [0, 0.05) is 23.7 Å². The van der Waals surface area contributed by atoms with Crippen LogP contribution in [0, 0.1) is 6.92 Å². The molecule has 5 heteroatoms. The summed E-state index contributed by atoms with van der Waals surface area (Å²) in [5, 5.41) is 6.78. The molecule has 0 fully saturated rings. The normalized spacial score (nSPS) is 10.2. The van der Waals surface area contributed by atoms with E-state index in [0.717, 1.165) is 11.3 Å². The topological polar surface area (TPSA) is 50.4 Å².